The predicted molar refractivity (Wildman–Crippen MR) is 133 cm³/mol. The Labute approximate surface area is 199 Å². The van der Waals surface area contributed by atoms with Crippen molar-refractivity contribution in [2.24, 2.45) is 0 Å². The lowest BCUT2D eigenvalue weighted by Crippen LogP contribution is -2.52. The fourth-order valence-electron chi connectivity index (χ4n) is 4.45. The van der Waals surface area contributed by atoms with Gasteiger partial charge in [0, 0.05) is 37.2 Å². The molecule has 0 radical (unpaired) electrons. The number of rotatable bonds is 7. The monoisotopic (exact) mass is 471 g/mol. The molecule has 1 fully saturated rings. The molecule has 0 saturated carbocycles. The van der Waals surface area contributed by atoms with E-state index in [-0.39, 0.29) is 5.97 Å². The maximum absolute atomic E-state index is 11.9. The smallest absolute Gasteiger partial charge is 0.310 e. The van der Waals surface area contributed by atoms with E-state index in [4.69, 9.17) is 21.3 Å². The molecule has 3 aromatic rings. The van der Waals surface area contributed by atoms with Gasteiger partial charge in [0.25, 0.3) is 0 Å². The Morgan fingerprint density at radius 1 is 1.19 bits per heavy atom. The van der Waals surface area contributed by atoms with Crippen molar-refractivity contribution in [2.45, 2.75) is 46.2 Å². The molecule has 0 bridgehead atoms. The minimum Gasteiger partial charge on any atom is -0.466 e. The fourth-order valence-corrected chi connectivity index (χ4v) is 5.79. The largest absolute Gasteiger partial charge is 0.466 e. The molecule has 1 aliphatic heterocycles. The number of nitrogens with zero attached hydrogens (tertiary/aromatic N) is 3. The Kier molecular flexibility index (Phi) is 7.33. The highest BCUT2D eigenvalue weighted by molar-refractivity contribution is 7.22. The topological polar surface area (TPSA) is 45.7 Å². The third-order valence-corrected chi connectivity index (χ3v) is 7.17. The second-order valence-electron chi connectivity index (χ2n) is 8.41. The summed E-state index contributed by atoms with van der Waals surface area (Å²) in [5.74, 6) is -0.166. The highest BCUT2D eigenvalue weighted by Crippen LogP contribution is 2.33. The number of anilines is 1. The van der Waals surface area contributed by atoms with Crippen LogP contribution < -0.4 is 4.90 Å². The number of esters is 1. The number of ether oxygens (including phenoxy) is 1. The van der Waals surface area contributed by atoms with Gasteiger partial charge in [-0.15, -0.1) is 0 Å². The molecule has 1 saturated heterocycles. The molecule has 4 rings (SSSR count). The summed E-state index contributed by atoms with van der Waals surface area (Å²) >= 11 is 7.89. The molecule has 0 amide bonds. The summed E-state index contributed by atoms with van der Waals surface area (Å²) in [7, 11) is 0. The number of thiazole rings is 1. The average molecular weight is 472 g/mol. The van der Waals surface area contributed by atoms with E-state index in [9.17, 15) is 4.79 Å². The van der Waals surface area contributed by atoms with Crippen LogP contribution in [0.1, 0.15) is 37.0 Å². The molecule has 32 heavy (non-hydrogen) atoms. The number of carbonyl (C=O) groups excluding carboxylic acids is 1. The molecular weight excluding hydrogens is 442 g/mol. The van der Waals surface area contributed by atoms with Gasteiger partial charge >= 0.3 is 5.97 Å². The normalized spacial score (nSPS) is 17.1. The number of hydrogen-bond donors (Lipinski definition) is 0. The van der Waals surface area contributed by atoms with Gasteiger partial charge in [-0.05, 0) is 49.6 Å². The lowest BCUT2D eigenvalue weighted by atomic mass is 10.0. The first-order valence-corrected chi connectivity index (χ1v) is 12.4. The minimum absolute atomic E-state index is 0.166. The van der Waals surface area contributed by atoms with Crippen molar-refractivity contribution in [2.75, 3.05) is 31.1 Å². The quantitative estimate of drug-likeness (QED) is 0.428. The molecular formula is C25H30ClN3O2S. The first-order valence-electron chi connectivity index (χ1n) is 11.2. The molecule has 0 N–H and O–H groups in total. The lowest BCUT2D eigenvalue weighted by Gasteiger charge is -2.41. The van der Waals surface area contributed by atoms with E-state index in [0.717, 1.165) is 58.5 Å². The van der Waals surface area contributed by atoms with Crippen LogP contribution in [0, 0.1) is 6.92 Å². The molecule has 0 aliphatic carbocycles. The van der Waals surface area contributed by atoms with Gasteiger partial charge in [0.15, 0.2) is 5.13 Å². The van der Waals surface area contributed by atoms with E-state index in [2.05, 4.69) is 41.8 Å². The lowest BCUT2D eigenvalue weighted by molar-refractivity contribution is -0.142. The zero-order valence-electron chi connectivity index (χ0n) is 18.9. The van der Waals surface area contributed by atoms with Crippen LogP contribution in [0.3, 0.4) is 0 Å². The van der Waals surface area contributed by atoms with Crippen molar-refractivity contribution in [1.29, 1.82) is 0 Å². The third kappa shape index (κ3) is 5.42. The first-order chi connectivity index (χ1) is 15.4. The van der Waals surface area contributed by atoms with Gasteiger partial charge in [-0.25, -0.2) is 4.98 Å². The van der Waals surface area contributed by atoms with Gasteiger partial charge < -0.3 is 9.64 Å². The number of hydrogen-bond acceptors (Lipinski definition) is 6. The number of carbonyl (C=O) groups is 1. The van der Waals surface area contributed by atoms with Crippen molar-refractivity contribution in [1.82, 2.24) is 9.88 Å². The van der Waals surface area contributed by atoms with Crippen LogP contribution in [0.5, 0.6) is 0 Å². The van der Waals surface area contributed by atoms with Crippen LogP contribution in [0.25, 0.3) is 10.2 Å². The zero-order chi connectivity index (χ0) is 22.7. The number of aromatic nitrogens is 1. The van der Waals surface area contributed by atoms with Crippen LogP contribution in [0.15, 0.2) is 36.4 Å². The predicted octanol–water partition coefficient (Wildman–Crippen LogP) is 5.46. The number of piperazine rings is 1. The van der Waals surface area contributed by atoms with Crippen LogP contribution in [-0.2, 0) is 22.5 Å². The Bertz CT molecular complexity index is 1100. The third-order valence-electron chi connectivity index (χ3n) is 5.88. The molecule has 1 aliphatic rings. The second-order valence-corrected chi connectivity index (χ2v) is 9.85. The second kappa shape index (κ2) is 10.2. The molecule has 2 aromatic carbocycles. The van der Waals surface area contributed by atoms with Crippen molar-refractivity contribution >= 4 is 44.3 Å². The Balaban J connectivity index is 1.45. The van der Waals surface area contributed by atoms with Gasteiger partial charge in [-0.3, -0.25) is 9.69 Å². The summed E-state index contributed by atoms with van der Waals surface area (Å²) in [6.07, 6.45) is 1.39. The van der Waals surface area contributed by atoms with Gasteiger partial charge in [-0.1, -0.05) is 53.6 Å². The number of benzene rings is 2. The Morgan fingerprint density at radius 3 is 2.78 bits per heavy atom. The Morgan fingerprint density at radius 2 is 2.00 bits per heavy atom. The van der Waals surface area contributed by atoms with Crippen molar-refractivity contribution in [3.05, 3.63) is 58.1 Å². The maximum Gasteiger partial charge on any atom is 0.310 e. The van der Waals surface area contributed by atoms with Crippen LogP contribution in [0.4, 0.5) is 5.13 Å². The van der Waals surface area contributed by atoms with Gasteiger partial charge in [-0.2, -0.15) is 0 Å². The summed E-state index contributed by atoms with van der Waals surface area (Å²) in [6, 6.07) is 12.8. The minimum atomic E-state index is -0.166. The summed E-state index contributed by atoms with van der Waals surface area (Å²) in [5.41, 5.74) is 4.47. The highest BCUT2D eigenvalue weighted by atomic mass is 35.5. The first kappa shape index (κ1) is 23.0. The number of aryl methyl sites for hydroxylation is 1. The summed E-state index contributed by atoms with van der Waals surface area (Å²) in [6.45, 7) is 10.4. The number of fused-ring (bicyclic) bond motifs is 1. The van der Waals surface area contributed by atoms with Crippen molar-refractivity contribution < 1.29 is 9.53 Å². The zero-order valence-corrected chi connectivity index (χ0v) is 20.5. The van der Waals surface area contributed by atoms with Gasteiger partial charge in [0.2, 0.25) is 0 Å². The molecule has 0 unspecified atom stereocenters. The van der Waals surface area contributed by atoms with E-state index in [1.165, 1.54) is 11.1 Å². The molecule has 1 aromatic heterocycles. The van der Waals surface area contributed by atoms with E-state index >= 15 is 0 Å². The molecule has 1 atom stereocenters. The summed E-state index contributed by atoms with van der Waals surface area (Å²) in [4.78, 5) is 21.8. The molecule has 5 nitrogen and oxygen atoms in total. The van der Waals surface area contributed by atoms with Crippen LogP contribution >= 0.6 is 22.9 Å². The molecule has 0 spiro atoms. The standard InChI is InChI=1S/C25H30ClN3O2S/c1-4-21-16-28(15-19-11-17(3)10-18(12-19)13-24(30)31-5-2)8-9-29(21)25-27-22-7-6-20(26)14-23(22)32-25/h6-7,10-12,14,21H,4-5,8-9,13,15-16H2,1-3H3/t21-/m1/s1. The van der Waals surface area contributed by atoms with Crippen LogP contribution in [0.2, 0.25) is 5.02 Å². The van der Waals surface area contributed by atoms with Gasteiger partial charge in [0.1, 0.15) is 0 Å². The summed E-state index contributed by atoms with van der Waals surface area (Å²) < 4.78 is 6.26. The van der Waals surface area contributed by atoms with Crippen LogP contribution in [-0.4, -0.2) is 48.1 Å². The van der Waals surface area contributed by atoms with E-state index in [1.54, 1.807) is 11.3 Å². The summed E-state index contributed by atoms with van der Waals surface area (Å²) in [5, 5.41) is 1.84. The van der Waals surface area contributed by atoms with E-state index in [0.29, 0.717) is 19.1 Å². The average Bonchev–Trinajstić information content (AvgIpc) is 3.16. The van der Waals surface area contributed by atoms with E-state index < -0.39 is 0 Å². The molecule has 7 heteroatoms. The van der Waals surface area contributed by atoms with Gasteiger partial charge in [0.05, 0.1) is 23.2 Å². The fraction of sp³-hybridized carbons (Fsp3) is 0.440. The number of halogens is 1. The highest BCUT2D eigenvalue weighted by Gasteiger charge is 2.28. The van der Waals surface area contributed by atoms with E-state index in [1.807, 2.05) is 25.1 Å². The maximum atomic E-state index is 11.9. The SMILES string of the molecule is CCOC(=O)Cc1cc(C)cc(CN2CCN(c3nc4ccc(Cl)cc4s3)[C@H](CC)C2)c1. The van der Waals surface area contributed by atoms with Crippen molar-refractivity contribution in [3.8, 4) is 0 Å². The Hall–Kier alpha value is -2.15. The molecule has 170 valence electrons. The molecule has 2 heterocycles. The van der Waals surface area contributed by atoms with Crippen molar-refractivity contribution in [3.63, 3.8) is 0 Å².